The highest BCUT2D eigenvalue weighted by Crippen LogP contribution is 2.21. The average molecular weight is 466 g/mol. The van der Waals surface area contributed by atoms with Gasteiger partial charge in [-0.1, -0.05) is 41.9 Å². The fourth-order valence-corrected chi connectivity index (χ4v) is 4.09. The number of likely N-dealkylation sites (N-methyl/N-ethyl adjacent to an activating group) is 1. The van der Waals surface area contributed by atoms with E-state index in [0.29, 0.717) is 23.7 Å². The van der Waals surface area contributed by atoms with Gasteiger partial charge in [0.1, 0.15) is 12.6 Å². The Morgan fingerprint density at radius 2 is 1.68 bits per heavy atom. The largest absolute Gasteiger partial charge is 0.355 e. The lowest BCUT2D eigenvalue weighted by atomic mass is 10.1. The first-order valence-corrected chi connectivity index (χ1v) is 12.2. The minimum absolute atomic E-state index is 0.277. The predicted octanol–water partition coefficient (Wildman–Crippen LogP) is 2.70. The van der Waals surface area contributed by atoms with Gasteiger partial charge in [-0.2, -0.15) is 0 Å². The molecule has 2 aromatic carbocycles. The van der Waals surface area contributed by atoms with Crippen LogP contribution in [0.15, 0.2) is 54.6 Å². The van der Waals surface area contributed by atoms with E-state index in [9.17, 15) is 18.0 Å². The molecule has 9 heteroatoms. The first-order chi connectivity index (χ1) is 14.6. The summed E-state index contributed by atoms with van der Waals surface area (Å²) in [4.78, 5) is 27.1. The van der Waals surface area contributed by atoms with Gasteiger partial charge in [-0.25, -0.2) is 8.42 Å². The number of carbonyl (C=O) groups excluding carboxylic acids is 2. The lowest BCUT2D eigenvalue weighted by molar-refractivity contribution is -0.138. The molecule has 0 aliphatic heterocycles. The molecular weight excluding hydrogens is 438 g/mol. The topological polar surface area (TPSA) is 86.8 Å². The van der Waals surface area contributed by atoms with Crippen LogP contribution in [0.4, 0.5) is 5.69 Å². The number of halogens is 1. The van der Waals surface area contributed by atoms with Gasteiger partial charge in [0.05, 0.1) is 11.9 Å². The standard InChI is InChI=1S/C22H28ClN3O4S/c1-4-24-22(28)17(2)25(15-14-18-8-6-5-7-9-18)21(27)16-26(31(3,29)30)20-12-10-19(23)11-13-20/h5-13,17H,4,14-16H2,1-3H3,(H,24,28). The van der Waals surface area contributed by atoms with Crippen LogP contribution in [-0.2, 0) is 26.0 Å². The van der Waals surface area contributed by atoms with Crippen LogP contribution in [0.2, 0.25) is 5.02 Å². The molecule has 0 radical (unpaired) electrons. The summed E-state index contributed by atoms with van der Waals surface area (Å²) >= 11 is 5.90. The minimum atomic E-state index is -3.74. The second kappa shape index (κ2) is 11.2. The molecule has 0 fully saturated rings. The summed E-state index contributed by atoms with van der Waals surface area (Å²) in [5.41, 5.74) is 1.34. The lowest BCUT2D eigenvalue weighted by Gasteiger charge is -2.31. The molecule has 0 saturated heterocycles. The fourth-order valence-electron chi connectivity index (χ4n) is 3.11. The van der Waals surface area contributed by atoms with Crippen molar-refractivity contribution in [3.05, 3.63) is 65.2 Å². The number of sulfonamides is 1. The molecule has 7 nitrogen and oxygen atoms in total. The molecule has 2 aromatic rings. The van der Waals surface area contributed by atoms with E-state index < -0.39 is 28.5 Å². The third kappa shape index (κ3) is 7.25. The van der Waals surface area contributed by atoms with Crippen LogP contribution in [0, 0.1) is 0 Å². The van der Waals surface area contributed by atoms with Crippen LogP contribution >= 0.6 is 11.6 Å². The van der Waals surface area contributed by atoms with Crippen molar-refractivity contribution in [2.75, 3.05) is 30.2 Å². The van der Waals surface area contributed by atoms with Gasteiger partial charge < -0.3 is 10.2 Å². The Morgan fingerprint density at radius 3 is 2.23 bits per heavy atom. The van der Waals surface area contributed by atoms with Crippen molar-refractivity contribution in [1.82, 2.24) is 10.2 Å². The van der Waals surface area contributed by atoms with E-state index in [-0.39, 0.29) is 12.5 Å². The Labute approximate surface area is 189 Å². The van der Waals surface area contributed by atoms with Crippen molar-refractivity contribution in [3.63, 3.8) is 0 Å². The molecule has 0 spiro atoms. The highest BCUT2D eigenvalue weighted by Gasteiger charge is 2.29. The second-order valence-electron chi connectivity index (χ2n) is 7.14. The van der Waals surface area contributed by atoms with E-state index in [1.165, 1.54) is 17.0 Å². The van der Waals surface area contributed by atoms with Crippen LogP contribution in [0.3, 0.4) is 0 Å². The Balaban J connectivity index is 2.28. The van der Waals surface area contributed by atoms with Crippen molar-refractivity contribution in [2.45, 2.75) is 26.3 Å². The Hall–Kier alpha value is -2.58. The molecular formula is C22H28ClN3O4S. The summed E-state index contributed by atoms with van der Waals surface area (Å²) in [6.45, 7) is 3.73. The maximum atomic E-state index is 13.2. The monoisotopic (exact) mass is 465 g/mol. The van der Waals surface area contributed by atoms with Gasteiger partial charge >= 0.3 is 0 Å². The third-order valence-electron chi connectivity index (χ3n) is 4.80. The summed E-state index contributed by atoms with van der Waals surface area (Å²) < 4.78 is 25.8. The first-order valence-electron chi connectivity index (χ1n) is 9.98. The van der Waals surface area contributed by atoms with Crippen molar-refractivity contribution < 1.29 is 18.0 Å². The van der Waals surface area contributed by atoms with Gasteiger partial charge in [0.25, 0.3) is 0 Å². The fraction of sp³-hybridized carbons (Fsp3) is 0.364. The molecule has 1 unspecified atom stereocenters. The zero-order valence-corrected chi connectivity index (χ0v) is 19.5. The van der Waals surface area contributed by atoms with Crippen LogP contribution in [0.1, 0.15) is 19.4 Å². The van der Waals surface area contributed by atoms with E-state index in [1.807, 2.05) is 30.3 Å². The minimum Gasteiger partial charge on any atom is -0.355 e. The number of amides is 2. The smallest absolute Gasteiger partial charge is 0.244 e. The van der Waals surface area contributed by atoms with Gasteiger partial charge in [0.15, 0.2) is 0 Å². The number of nitrogens with one attached hydrogen (secondary N) is 1. The van der Waals surface area contributed by atoms with Crippen molar-refractivity contribution in [2.24, 2.45) is 0 Å². The van der Waals surface area contributed by atoms with E-state index in [1.54, 1.807) is 26.0 Å². The number of anilines is 1. The molecule has 2 amide bonds. The lowest BCUT2D eigenvalue weighted by Crippen LogP contribution is -2.52. The molecule has 0 bridgehead atoms. The maximum absolute atomic E-state index is 13.2. The number of hydrogen-bond acceptors (Lipinski definition) is 4. The number of rotatable bonds is 10. The molecule has 168 valence electrons. The number of carbonyl (C=O) groups is 2. The number of benzene rings is 2. The van der Waals surface area contributed by atoms with Gasteiger partial charge in [-0.05, 0) is 50.1 Å². The molecule has 31 heavy (non-hydrogen) atoms. The normalized spacial score (nSPS) is 12.1. The molecule has 2 rings (SSSR count). The first kappa shape index (κ1) is 24.7. The van der Waals surface area contributed by atoms with Gasteiger partial charge in [0.2, 0.25) is 21.8 Å². The van der Waals surface area contributed by atoms with Gasteiger partial charge in [0, 0.05) is 18.1 Å². The Kier molecular flexibility index (Phi) is 8.88. The molecule has 0 aliphatic rings. The summed E-state index contributed by atoms with van der Waals surface area (Å²) in [5.74, 6) is -0.753. The third-order valence-corrected chi connectivity index (χ3v) is 6.19. The van der Waals surface area contributed by atoms with E-state index in [2.05, 4.69) is 5.32 Å². The van der Waals surface area contributed by atoms with Crippen LogP contribution < -0.4 is 9.62 Å². The number of hydrogen-bond donors (Lipinski definition) is 1. The molecule has 1 atom stereocenters. The molecule has 0 heterocycles. The highest BCUT2D eigenvalue weighted by molar-refractivity contribution is 7.92. The van der Waals surface area contributed by atoms with Crippen LogP contribution in [0.5, 0.6) is 0 Å². The van der Waals surface area contributed by atoms with Crippen molar-refractivity contribution in [3.8, 4) is 0 Å². The SMILES string of the molecule is CCNC(=O)C(C)N(CCc1ccccc1)C(=O)CN(c1ccc(Cl)cc1)S(C)(=O)=O. The number of nitrogens with zero attached hydrogens (tertiary/aromatic N) is 2. The Bertz CT molecular complexity index is 982. The average Bonchev–Trinajstić information content (AvgIpc) is 2.73. The summed E-state index contributed by atoms with van der Waals surface area (Å²) in [5, 5.41) is 3.18. The zero-order chi connectivity index (χ0) is 23.0. The van der Waals surface area contributed by atoms with Crippen LogP contribution in [-0.4, -0.2) is 57.1 Å². The molecule has 0 aromatic heterocycles. The van der Waals surface area contributed by atoms with Crippen molar-refractivity contribution >= 4 is 39.1 Å². The predicted molar refractivity (Wildman–Crippen MR) is 124 cm³/mol. The van der Waals surface area contributed by atoms with E-state index in [0.717, 1.165) is 16.1 Å². The molecule has 0 saturated carbocycles. The molecule has 0 aliphatic carbocycles. The van der Waals surface area contributed by atoms with E-state index in [4.69, 9.17) is 11.6 Å². The van der Waals surface area contributed by atoms with Crippen molar-refractivity contribution in [1.29, 1.82) is 0 Å². The zero-order valence-electron chi connectivity index (χ0n) is 17.9. The second-order valence-corrected chi connectivity index (χ2v) is 9.48. The van der Waals surface area contributed by atoms with Crippen LogP contribution in [0.25, 0.3) is 0 Å². The Morgan fingerprint density at radius 1 is 1.06 bits per heavy atom. The maximum Gasteiger partial charge on any atom is 0.244 e. The summed E-state index contributed by atoms with van der Waals surface area (Å²) in [7, 11) is -3.74. The summed E-state index contributed by atoms with van der Waals surface area (Å²) in [6.07, 6.45) is 1.58. The van der Waals surface area contributed by atoms with E-state index >= 15 is 0 Å². The summed E-state index contributed by atoms with van der Waals surface area (Å²) in [6, 6.07) is 15.0. The van der Waals surface area contributed by atoms with Gasteiger partial charge in [-0.15, -0.1) is 0 Å². The quantitative estimate of drug-likeness (QED) is 0.584. The molecule has 1 N–H and O–H groups in total. The highest BCUT2D eigenvalue weighted by atomic mass is 35.5. The van der Waals surface area contributed by atoms with Gasteiger partial charge in [-0.3, -0.25) is 13.9 Å².